The molecule has 7 nitrogen and oxygen atoms in total. The van der Waals surface area contributed by atoms with Crippen LogP contribution in [0.15, 0.2) is 0 Å². The molecule has 7 heteroatoms. The van der Waals surface area contributed by atoms with Gasteiger partial charge in [0.1, 0.15) is 13.2 Å². The normalized spacial score (nSPS) is 18.3. The van der Waals surface area contributed by atoms with Crippen LogP contribution in [0.3, 0.4) is 0 Å². The molecule has 0 aromatic rings. The lowest BCUT2D eigenvalue weighted by Crippen LogP contribution is -2.33. The molecule has 1 saturated heterocycles. The first-order valence-corrected chi connectivity index (χ1v) is 4.88. The molecule has 1 N–H and O–H groups in total. The van der Waals surface area contributed by atoms with E-state index in [1.54, 1.807) is 7.05 Å². The Hall–Kier alpha value is -1.18. The molecule has 0 aromatic heterocycles. The minimum Gasteiger partial charge on any atom is -0.462 e. The molecule has 0 radical (unpaired) electrons. The predicted molar refractivity (Wildman–Crippen MR) is 51.4 cm³/mol. The minimum atomic E-state index is -0.493. The van der Waals surface area contributed by atoms with Crippen LogP contribution in [-0.4, -0.2) is 68.2 Å². The van der Waals surface area contributed by atoms with Gasteiger partial charge in [0.05, 0.1) is 19.7 Å². The van der Waals surface area contributed by atoms with Crippen molar-refractivity contribution in [2.45, 2.75) is 6.29 Å². The number of esters is 2. The van der Waals surface area contributed by atoms with Crippen molar-refractivity contribution in [3.8, 4) is 0 Å². The number of ether oxygens (including phenoxy) is 3. The van der Waals surface area contributed by atoms with E-state index in [1.807, 2.05) is 0 Å². The average Bonchev–Trinajstić information content (AvgIpc) is 2.97. The Kier molecular flexibility index (Phi) is 5.17. The van der Waals surface area contributed by atoms with Crippen LogP contribution < -0.4 is 0 Å². The number of epoxide rings is 1. The highest BCUT2D eigenvalue weighted by Crippen LogP contribution is 2.10. The molecule has 0 bridgehead atoms. The highest BCUT2D eigenvalue weighted by molar-refractivity contribution is 5.75. The van der Waals surface area contributed by atoms with E-state index in [4.69, 9.17) is 14.6 Å². The molecule has 1 fully saturated rings. The molecule has 0 amide bonds. The summed E-state index contributed by atoms with van der Waals surface area (Å²) in [6, 6.07) is 0. The summed E-state index contributed by atoms with van der Waals surface area (Å²) < 4.78 is 14.1. The van der Waals surface area contributed by atoms with Gasteiger partial charge in [-0.3, -0.25) is 14.5 Å². The summed E-state index contributed by atoms with van der Waals surface area (Å²) in [5, 5.41) is 8.42. The van der Waals surface area contributed by atoms with Gasteiger partial charge in [-0.1, -0.05) is 0 Å². The van der Waals surface area contributed by atoms with Crippen LogP contribution in [0, 0.1) is 0 Å². The monoisotopic (exact) mass is 233 g/mol. The van der Waals surface area contributed by atoms with Gasteiger partial charge >= 0.3 is 11.9 Å². The SMILES string of the molecule is CN(CC(=O)OCCO)CC(=O)OC1CO1. The van der Waals surface area contributed by atoms with Gasteiger partial charge in [0, 0.05) is 0 Å². The number of carbonyl (C=O) groups is 2. The largest absolute Gasteiger partial charge is 0.462 e. The van der Waals surface area contributed by atoms with Crippen molar-refractivity contribution in [2.75, 3.05) is 40.0 Å². The van der Waals surface area contributed by atoms with Crippen LogP contribution in [0.2, 0.25) is 0 Å². The van der Waals surface area contributed by atoms with Gasteiger partial charge in [-0.2, -0.15) is 0 Å². The van der Waals surface area contributed by atoms with Gasteiger partial charge in [-0.25, -0.2) is 0 Å². The number of likely N-dealkylation sites (N-methyl/N-ethyl adjacent to an activating group) is 1. The second kappa shape index (κ2) is 6.41. The second-order valence-corrected chi connectivity index (χ2v) is 3.37. The van der Waals surface area contributed by atoms with Crippen molar-refractivity contribution < 1.29 is 28.9 Å². The second-order valence-electron chi connectivity index (χ2n) is 3.37. The van der Waals surface area contributed by atoms with E-state index in [0.717, 1.165) is 0 Å². The summed E-state index contributed by atoms with van der Waals surface area (Å²) >= 11 is 0. The smallest absolute Gasteiger partial charge is 0.322 e. The van der Waals surface area contributed by atoms with Gasteiger partial charge in [0.2, 0.25) is 6.29 Å². The van der Waals surface area contributed by atoms with Crippen LogP contribution >= 0.6 is 0 Å². The fourth-order valence-corrected chi connectivity index (χ4v) is 0.993. The number of rotatable bonds is 7. The zero-order valence-electron chi connectivity index (χ0n) is 9.05. The molecule has 1 atom stereocenters. The fourth-order valence-electron chi connectivity index (χ4n) is 0.993. The molecule has 1 aliphatic heterocycles. The van der Waals surface area contributed by atoms with Crippen LogP contribution in [0.1, 0.15) is 0 Å². The molecule has 16 heavy (non-hydrogen) atoms. The first-order valence-electron chi connectivity index (χ1n) is 4.88. The number of hydrogen-bond donors (Lipinski definition) is 1. The van der Waals surface area contributed by atoms with E-state index in [0.29, 0.717) is 6.61 Å². The van der Waals surface area contributed by atoms with Crippen LogP contribution in [0.25, 0.3) is 0 Å². The number of hydrogen-bond acceptors (Lipinski definition) is 7. The van der Waals surface area contributed by atoms with Crippen molar-refractivity contribution in [1.82, 2.24) is 4.90 Å². The first kappa shape index (κ1) is 12.9. The third-order valence-electron chi connectivity index (χ3n) is 1.72. The lowest BCUT2D eigenvalue weighted by molar-refractivity contribution is -0.151. The maximum absolute atomic E-state index is 11.2. The molecular weight excluding hydrogens is 218 g/mol. The van der Waals surface area contributed by atoms with E-state index in [9.17, 15) is 9.59 Å². The minimum absolute atomic E-state index is 0.00587. The Morgan fingerprint density at radius 3 is 2.62 bits per heavy atom. The van der Waals surface area contributed by atoms with Crippen molar-refractivity contribution in [3.05, 3.63) is 0 Å². The van der Waals surface area contributed by atoms with E-state index in [-0.39, 0.29) is 26.3 Å². The molecule has 1 rings (SSSR count). The molecule has 0 aromatic carbocycles. The van der Waals surface area contributed by atoms with Gasteiger partial charge < -0.3 is 19.3 Å². The highest BCUT2D eigenvalue weighted by atomic mass is 16.8. The van der Waals surface area contributed by atoms with E-state index < -0.39 is 18.2 Å². The molecule has 0 spiro atoms. The quantitative estimate of drug-likeness (QED) is 0.416. The fraction of sp³-hybridized carbons (Fsp3) is 0.778. The number of carbonyl (C=O) groups excluding carboxylic acids is 2. The molecule has 1 aliphatic rings. The van der Waals surface area contributed by atoms with Crippen LogP contribution in [-0.2, 0) is 23.8 Å². The van der Waals surface area contributed by atoms with Crippen molar-refractivity contribution in [1.29, 1.82) is 0 Å². The van der Waals surface area contributed by atoms with Gasteiger partial charge in [0.15, 0.2) is 0 Å². The summed E-state index contributed by atoms with van der Waals surface area (Å²) in [6.45, 7) is 0.159. The molecule has 1 heterocycles. The molecule has 1 unspecified atom stereocenters. The molecule has 0 aliphatic carbocycles. The third-order valence-corrected chi connectivity index (χ3v) is 1.72. The molecular formula is C9H15NO6. The van der Waals surface area contributed by atoms with Gasteiger partial charge in [0.25, 0.3) is 0 Å². The summed E-state index contributed by atoms with van der Waals surface area (Å²) in [5.41, 5.74) is 0. The summed E-state index contributed by atoms with van der Waals surface area (Å²) in [5.74, 6) is -0.938. The molecule has 0 saturated carbocycles. The lowest BCUT2D eigenvalue weighted by Gasteiger charge is -2.14. The Morgan fingerprint density at radius 1 is 1.44 bits per heavy atom. The third kappa shape index (κ3) is 5.64. The zero-order chi connectivity index (χ0) is 12.0. The number of nitrogens with zero attached hydrogens (tertiary/aromatic N) is 1. The zero-order valence-corrected chi connectivity index (χ0v) is 9.05. The topological polar surface area (TPSA) is 88.6 Å². The molecule has 92 valence electrons. The Morgan fingerprint density at radius 2 is 2.06 bits per heavy atom. The van der Waals surface area contributed by atoms with Crippen molar-refractivity contribution in [2.24, 2.45) is 0 Å². The number of aliphatic hydroxyl groups is 1. The highest BCUT2D eigenvalue weighted by Gasteiger charge is 2.27. The standard InChI is InChI=1S/C9H15NO6/c1-10(4-7(12)14-3-2-11)5-8(13)16-9-6-15-9/h9,11H,2-6H2,1H3. The number of aliphatic hydroxyl groups excluding tert-OH is 1. The first-order chi connectivity index (χ1) is 7.61. The van der Waals surface area contributed by atoms with Crippen molar-refractivity contribution >= 4 is 11.9 Å². The summed E-state index contributed by atoms with van der Waals surface area (Å²) in [7, 11) is 1.59. The maximum Gasteiger partial charge on any atom is 0.322 e. The Bertz CT molecular complexity index is 252. The van der Waals surface area contributed by atoms with Gasteiger partial charge in [-0.05, 0) is 7.05 Å². The van der Waals surface area contributed by atoms with Crippen LogP contribution in [0.4, 0.5) is 0 Å². The summed E-state index contributed by atoms with van der Waals surface area (Å²) in [4.78, 5) is 23.7. The average molecular weight is 233 g/mol. The van der Waals surface area contributed by atoms with Crippen molar-refractivity contribution in [3.63, 3.8) is 0 Å². The Balaban J connectivity index is 2.10. The van der Waals surface area contributed by atoms with E-state index in [1.165, 1.54) is 4.90 Å². The van der Waals surface area contributed by atoms with Gasteiger partial charge in [-0.15, -0.1) is 0 Å². The predicted octanol–water partition coefficient (Wildman–Crippen LogP) is -1.65. The summed E-state index contributed by atoms with van der Waals surface area (Å²) in [6.07, 6.45) is -0.415. The lowest BCUT2D eigenvalue weighted by atomic mass is 10.5. The van der Waals surface area contributed by atoms with Crippen LogP contribution in [0.5, 0.6) is 0 Å². The maximum atomic E-state index is 11.2. The van der Waals surface area contributed by atoms with E-state index in [2.05, 4.69) is 4.74 Å². The Labute approximate surface area is 92.9 Å². The van der Waals surface area contributed by atoms with E-state index >= 15 is 0 Å².